The van der Waals surface area contributed by atoms with Crippen LogP contribution in [-0.4, -0.2) is 4.98 Å². The van der Waals surface area contributed by atoms with Crippen molar-refractivity contribution < 1.29 is 8.78 Å². The van der Waals surface area contributed by atoms with Gasteiger partial charge in [-0.05, 0) is 28.1 Å². The van der Waals surface area contributed by atoms with E-state index in [1.165, 1.54) is 12.1 Å². The van der Waals surface area contributed by atoms with Crippen LogP contribution in [0.15, 0.2) is 22.8 Å². The Labute approximate surface area is 79.0 Å². The summed E-state index contributed by atoms with van der Waals surface area (Å²) in [7, 11) is 0. The number of rotatable bonds is 1. The van der Waals surface area contributed by atoms with Crippen LogP contribution in [0.25, 0.3) is 0 Å². The number of halogens is 3. The van der Waals surface area contributed by atoms with E-state index in [1.54, 1.807) is 6.07 Å². The smallest absolute Gasteiger partial charge is 0.240 e. The number of aromatic nitrogens is 1. The first-order chi connectivity index (χ1) is 5.70. The monoisotopic (exact) mass is 237 g/mol. The zero-order valence-corrected chi connectivity index (χ0v) is 8.48. The van der Waals surface area contributed by atoms with E-state index < -0.39 is 6.43 Å². The Bertz CT molecular complexity index is 228. The minimum Gasteiger partial charge on any atom is -0.240 e. The predicted octanol–water partition coefficient (Wildman–Crippen LogP) is 3.81. The molecule has 0 aliphatic rings. The van der Waals surface area contributed by atoms with Crippen molar-refractivity contribution in [1.29, 1.82) is 0 Å². The molecule has 4 heteroatoms. The summed E-state index contributed by atoms with van der Waals surface area (Å²) >= 11 is 2.99. The molecule has 12 heavy (non-hydrogen) atoms. The van der Waals surface area contributed by atoms with Gasteiger partial charge in [0.25, 0.3) is 6.43 Å². The van der Waals surface area contributed by atoms with Crippen LogP contribution in [0.2, 0.25) is 0 Å². The van der Waals surface area contributed by atoms with Gasteiger partial charge in [-0.25, -0.2) is 13.8 Å². The Balaban J connectivity index is 0.000000561. The van der Waals surface area contributed by atoms with Crippen molar-refractivity contribution in [2.24, 2.45) is 0 Å². The van der Waals surface area contributed by atoms with E-state index in [-0.39, 0.29) is 5.69 Å². The van der Waals surface area contributed by atoms with Crippen molar-refractivity contribution in [1.82, 2.24) is 4.98 Å². The third-order valence-corrected chi connectivity index (χ3v) is 1.40. The maximum Gasteiger partial charge on any atom is 0.280 e. The molecule has 0 radical (unpaired) electrons. The number of alkyl halides is 2. The first-order valence-electron chi connectivity index (χ1n) is 3.61. The van der Waals surface area contributed by atoms with E-state index in [9.17, 15) is 8.78 Å². The summed E-state index contributed by atoms with van der Waals surface area (Å²) in [5.74, 6) is 0. The lowest BCUT2D eigenvalue weighted by molar-refractivity contribution is 0.146. The van der Waals surface area contributed by atoms with Crippen molar-refractivity contribution in [3.63, 3.8) is 0 Å². The maximum absolute atomic E-state index is 11.9. The highest BCUT2D eigenvalue weighted by molar-refractivity contribution is 9.10. The van der Waals surface area contributed by atoms with Gasteiger partial charge in [-0.1, -0.05) is 19.9 Å². The molecule has 0 amide bonds. The molecule has 0 saturated heterocycles. The van der Waals surface area contributed by atoms with Crippen LogP contribution < -0.4 is 0 Å². The molecule has 0 unspecified atom stereocenters. The molecule has 0 bridgehead atoms. The van der Waals surface area contributed by atoms with Crippen molar-refractivity contribution in [3.8, 4) is 0 Å². The molecule has 0 saturated carbocycles. The molecule has 0 N–H and O–H groups in total. The second-order valence-electron chi connectivity index (χ2n) is 1.69. The Kier molecular flexibility index (Phi) is 5.80. The van der Waals surface area contributed by atoms with E-state index in [1.807, 2.05) is 13.8 Å². The van der Waals surface area contributed by atoms with E-state index in [2.05, 4.69) is 20.9 Å². The highest BCUT2D eigenvalue weighted by Gasteiger charge is 2.07. The second kappa shape index (κ2) is 6.06. The predicted molar refractivity (Wildman–Crippen MR) is 48.2 cm³/mol. The van der Waals surface area contributed by atoms with Crippen LogP contribution in [0.3, 0.4) is 0 Å². The molecule has 0 spiro atoms. The minimum atomic E-state index is -2.49. The largest absolute Gasteiger partial charge is 0.280 e. The Hall–Kier alpha value is -0.510. The summed E-state index contributed by atoms with van der Waals surface area (Å²) in [5, 5.41) is 0. The third kappa shape index (κ3) is 3.76. The Morgan fingerprint density at radius 2 is 1.92 bits per heavy atom. The number of nitrogens with zero attached hydrogens (tertiary/aromatic N) is 1. The van der Waals surface area contributed by atoms with Crippen molar-refractivity contribution >= 4 is 15.9 Å². The molecule has 1 nitrogen and oxygen atoms in total. The molecule has 1 heterocycles. The molecule has 0 aromatic carbocycles. The van der Waals surface area contributed by atoms with E-state index in [0.717, 1.165) is 0 Å². The minimum absolute atomic E-state index is 0.200. The standard InChI is InChI=1S/C6H4BrF2N.C2H6/c7-5-3-1-2-4(10-5)6(8)9;1-2/h1-3,6H;1-2H3. The van der Waals surface area contributed by atoms with Gasteiger partial charge >= 0.3 is 0 Å². The lowest BCUT2D eigenvalue weighted by atomic mass is 10.4. The molecule has 0 aliphatic heterocycles. The summed E-state index contributed by atoms with van der Waals surface area (Å²) in [6.45, 7) is 4.00. The topological polar surface area (TPSA) is 12.9 Å². The van der Waals surface area contributed by atoms with Gasteiger partial charge in [0, 0.05) is 0 Å². The first-order valence-corrected chi connectivity index (χ1v) is 4.40. The normalized spacial score (nSPS) is 9.17. The van der Waals surface area contributed by atoms with Gasteiger partial charge in [0.2, 0.25) is 0 Å². The van der Waals surface area contributed by atoms with Crippen LogP contribution >= 0.6 is 15.9 Å². The van der Waals surface area contributed by atoms with Gasteiger partial charge in [0.1, 0.15) is 10.3 Å². The van der Waals surface area contributed by atoms with Crippen LogP contribution in [0.5, 0.6) is 0 Å². The lowest BCUT2D eigenvalue weighted by Gasteiger charge is -1.96. The van der Waals surface area contributed by atoms with Gasteiger partial charge in [0.05, 0.1) is 0 Å². The van der Waals surface area contributed by atoms with Gasteiger partial charge in [-0.3, -0.25) is 0 Å². The molecule has 0 fully saturated rings. The summed E-state index contributed by atoms with van der Waals surface area (Å²) in [6, 6.07) is 4.42. The Morgan fingerprint density at radius 1 is 1.33 bits per heavy atom. The van der Waals surface area contributed by atoms with Crippen molar-refractivity contribution in [2.75, 3.05) is 0 Å². The first kappa shape index (κ1) is 11.5. The fourth-order valence-corrected chi connectivity index (χ4v) is 0.903. The fraction of sp³-hybridized carbons (Fsp3) is 0.375. The highest BCUT2D eigenvalue weighted by atomic mass is 79.9. The summed E-state index contributed by atoms with van der Waals surface area (Å²) in [4.78, 5) is 3.54. The van der Waals surface area contributed by atoms with Crippen molar-refractivity contribution in [2.45, 2.75) is 20.3 Å². The molecule has 1 rings (SSSR count). The molecular formula is C8H10BrF2N. The van der Waals surface area contributed by atoms with E-state index >= 15 is 0 Å². The number of hydrogen-bond donors (Lipinski definition) is 0. The average Bonchev–Trinajstić information content (AvgIpc) is 2.08. The molecule has 1 aromatic heterocycles. The van der Waals surface area contributed by atoms with Gasteiger partial charge in [-0.2, -0.15) is 0 Å². The maximum atomic E-state index is 11.9. The van der Waals surface area contributed by atoms with Crippen LogP contribution in [0, 0.1) is 0 Å². The lowest BCUT2D eigenvalue weighted by Crippen LogP contribution is -1.88. The summed E-state index contributed by atoms with van der Waals surface area (Å²) < 4.78 is 24.2. The molecule has 1 aromatic rings. The zero-order valence-electron chi connectivity index (χ0n) is 6.89. The quantitative estimate of drug-likeness (QED) is 0.678. The third-order valence-electron chi connectivity index (χ3n) is 0.960. The van der Waals surface area contributed by atoms with Gasteiger partial charge in [-0.15, -0.1) is 0 Å². The average molecular weight is 238 g/mol. The second-order valence-corrected chi connectivity index (χ2v) is 2.50. The van der Waals surface area contributed by atoms with Gasteiger partial charge in [0.15, 0.2) is 0 Å². The number of pyridine rings is 1. The Morgan fingerprint density at radius 3 is 2.25 bits per heavy atom. The number of hydrogen-bond acceptors (Lipinski definition) is 1. The molecule has 0 aliphatic carbocycles. The van der Waals surface area contributed by atoms with Gasteiger partial charge < -0.3 is 0 Å². The van der Waals surface area contributed by atoms with Crippen LogP contribution in [-0.2, 0) is 0 Å². The highest BCUT2D eigenvalue weighted by Crippen LogP contribution is 2.17. The molecule has 0 atom stereocenters. The zero-order chi connectivity index (χ0) is 9.56. The summed E-state index contributed by atoms with van der Waals surface area (Å²) in [5.41, 5.74) is -0.200. The van der Waals surface area contributed by atoms with E-state index in [4.69, 9.17) is 0 Å². The van der Waals surface area contributed by atoms with Crippen molar-refractivity contribution in [3.05, 3.63) is 28.5 Å². The van der Waals surface area contributed by atoms with Crippen LogP contribution in [0.1, 0.15) is 26.0 Å². The molecule has 68 valence electrons. The molecular weight excluding hydrogens is 228 g/mol. The van der Waals surface area contributed by atoms with Crippen LogP contribution in [0.4, 0.5) is 8.78 Å². The van der Waals surface area contributed by atoms with E-state index in [0.29, 0.717) is 4.60 Å². The SMILES string of the molecule is CC.FC(F)c1cccc(Br)n1. The fourth-order valence-electron chi connectivity index (χ4n) is 0.546. The summed E-state index contributed by atoms with van der Waals surface area (Å²) in [6.07, 6.45) is -2.49.